The number of carbonyl (C=O) groups is 1. The molecule has 8 heteroatoms. The van der Waals surface area contributed by atoms with E-state index in [1.54, 1.807) is 12.1 Å². The third-order valence-corrected chi connectivity index (χ3v) is 4.08. The van der Waals surface area contributed by atoms with E-state index >= 15 is 0 Å². The number of hydrogen-bond donors (Lipinski definition) is 4. The smallest absolute Gasteiger partial charge is 0.335 e. The number of anilines is 1. The summed E-state index contributed by atoms with van der Waals surface area (Å²) in [4.78, 5) is 10.7. The first-order chi connectivity index (χ1) is 10.4. The highest BCUT2D eigenvalue weighted by atomic mass is 79.9. The second-order valence-corrected chi connectivity index (χ2v) is 5.86. The number of carboxylic acids is 1. The summed E-state index contributed by atoms with van der Waals surface area (Å²) < 4.78 is 0.568. The van der Waals surface area contributed by atoms with E-state index in [2.05, 4.69) is 42.4 Å². The molecule has 0 aliphatic rings. The van der Waals surface area contributed by atoms with Crippen LogP contribution in [-0.2, 0) is 0 Å². The van der Waals surface area contributed by atoms with E-state index in [0.717, 1.165) is 0 Å². The van der Waals surface area contributed by atoms with Gasteiger partial charge in [-0.25, -0.2) is 4.79 Å². The molecule has 114 valence electrons. The Balaban J connectivity index is 2.14. The monoisotopic (exact) mass is 428 g/mol. The molecular formula is C14H10Br2N2O4. The van der Waals surface area contributed by atoms with Crippen molar-refractivity contribution in [1.82, 2.24) is 0 Å². The number of aromatic hydroxyl groups is 2. The number of nitrogens with one attached hydrogen (secondary N) is 1. The van der Waals surface area contributed by atoms with Crippen LogP contribution in [0.5, 0.6) is 11.5 Å². The summed E-state index contributed by atoms with van der Waals surface area (Å²) >= 11 is 6.23. The molecule has 2 rings (SSSR count). The molecule has 0 unspecified atom stereocenters. The fourth-order valence-corrected chi connectivity index (χ4v) is 2.73. The second-order valence-electron chi connectivity index (χ2n) is 4.21. The van der Waals surface area contributed by atoms with E-state index in [1.807, 2.05) is 0 Å². The molecule has 0 saturated heterocycles. The number of rotatable bonds is 4. The zero-order valence-electron chi connectivity index (χ0n) is 10.9. The highest BCUT2D eigenvalue weighted by Gasteiger charge is 2.12. The molecule has 0 heterocycles. The van der Waals surface area contributed by atoms with E-state index < -0.39 is 5.97 Å². The number of benzene rings is 2. The molecule has 0 aromatic heterocycles. The minimum absolute atomic E-state index is 0.105. The highest BCUT2D eigenvalue weighted by molar-refractivity contribution is 9.11. The number of hydrazone groups is 1. The molecule has 0 bridgehead atoms. The van der Waals surface area contributed by atoms with E-state index in [1.165, 1.54) is 24.4 Å². The molecule has 0 saturated carbocycles. The summed E-state index contributed by atoms with van der Waals surface area (Å²) in [7, 11) is 0. The average Bonchev–Trinajstić information content (AvgIpc) is 2.50. The average molecular weight is 430 g/mol. The third kappa shape index (κ3) is 3.58. The van der Waals surface area contributed by atoms with Gasteiger partial charge in [0, 0.05) is 5.56 Å². The van der Waals surface area contributed by atoms with Crippen LogP contribution in [0.4, 0.5) is 5.69 Å². The molecule has 0 amide bonds. The van der Waals surface area contributed by atoms with Crippen LogP contribution in [0, 0.1) is 0 Å². The molecule has 2 aromatic rings. The fraction of sp³-hybridized carbons (Fsp3) is 0. The summed E-state index contributed by atoms with van der Waals surface area (Å²) in [5.41, 5.74) is 3.87. The molecule has 0 aliphatic heterocycles. The van der Waals surface area contributed by atoms with Crippen LogP contribution in [0.15, 0.2) is 44.4 Å². The molecule has 0 fully saturated rings. The van der Waals surface area contributed by atoms with Gasteiger partial charge in [-0.05, 0) is 62.2 Å². The van der Waals surface area contributed by atoms with Crippen molar-refractivity contribution < 1.29 is 20.1 Å². The van der Waals surface area contributed by atoms with Gasteiger partial charge in [0.05, 0.1) is 21.9 Å². The number of phenolic OH excluding ortho intramolecular Hbond substituents is 2. The molecule has 2 aromatic carbocycles. The van der Waals surface area contributed by atoms with Gasteiger partial charge in [0.15, 0.2) is 0 Å². The first-order valence-corrected chi connectivity index (χ1v) is 7.51. The lowest BCUT2D eigenvalue weighted by atomic mass is 10.2. The normalized spacial score (nSPS) is 10.8. The van der Waals surface area contributed by atoms with Crippen LogP contribution < -0.4 is 5.43 Å². The molecule has 6 nitrogen and oxygen atoms in total. The lowest BCUT2D eigenvalue weighted by molar-refractivity contribution is 0.0697. The van der Waals surface area contributed by atoms with Crippen molar-refractivity contribution in [2.45, 2.75) is 0 Å². The summed E-state index contributed by atoms with van der Waals surface area (Å²) in [5, 5.41) is 32.3. The lowest BCUT2D eigenvalue weighted by Crippen LogP contribution is -1.96. The Bertz CT molecular complexity index is 745. The van der Waals surface area contributed by atoms with Crippen LogP contribution >= 0.6 is 31.9 Å². The van der Waals surface area contributed by atoms with Gasteiger partial charge in [0.25, 0.3) is 0 Å². The first-order valence-electron chi connectivity index (χ1n) is 5.92. The first kappa shape index (κ1) is 16.3. The highest BCUT2D eigenvalue weighted by Crippen LogP contribution is 2.40. The van der Waals surface area contributed by atoms with E-state index in [9.17, 15) is 15.0 Å². The Labute approximate surface area is 142 Å². The number of carboxylic acid groups (broad SMARTS) is 1. The zero-order valence-corrected chi connectivity index (χ0v) is 14.1. The standard InChI is InChI=1S/C14H10Br2N2O4/c15-10-5-8(12(19)11(16)13(10)20)6-17-18-9-3-1-7(2-4-9)14(21)22/h1-6,18-20H,(H,21,22)/b17-6+. The quantitative estimate of drug-likeness (QED) is 0.437. The van der Waals surface area contributed by atoms with Gasteiger partial charge in [-0.15, -0.1) is 0 Å². The van der Waals surface area contributed by atoms with Crippen LogP contribution in [-0.4, -0.2) is 27.5 Å². The van der Waals surface area contributed by atoms with Crippen LogP contribution in [0.3, 0.4) is 0 Å². The third-order valence-electron chi connectivity index (χ3n) is 2.73. The molecule has 0 aliphatic carbocycles. The topological polar surface area (TPSA) is 102 Å². The van der Waals surface area contributed by atoms with Crippen molar-refractivity contribution >= 4 is 49.7 Å². The van der Waals surface area contributed by atoms with Crippen LogP contribution in [0.1, 0.15) is 15.9 Å². The molecular weight excluding hydrogens is 420 g/mol. The molecule has 22 heavy (non-hydrogen) atoms. The van der Waals surface area contributed by atoms with Gasteiger partial charge in [0.1, 0.15) is 16.0 Å². The van der Waals surface area contributed by atoms with Gasteiger partial charge in [-0.1, -0.05) is 0 Å². The van der Waals surface area contributed by atoms with E-state index in [4.69, 9.17) is 5.11 Å². The van der Waals surface area contributed by atoms with Crippen molar-refractivity contribution in [1.29, 1.82) is 0 Å². The van der Waals surface area contributed by atoms with Crippen LogP contribution in [0.25, 0.3) is 0 Å². The van der Waals surface area contributed by atoms with Crippen molar-refractivity contribution in [2.75, 3.05) is 5.43 Å². The number of nitrogens with zero attached hydrogens (tertiary/aromatic N) is 1. The Hall–Kier alpha value is -2.06. The predicted molar refractivity (Wildman–Crippen MR) is 89.8 cm³/mol. The Kier molecular flexibility index (Phi) is 5.04. The van der Waals surface area contributed by atoms with Gasteiger partial charge < -0.3 is 15.3 Å². The van der Waals surface area contributed by atoms with E-state index in [-0.39, 0.29) is 21.5 Å². The van der Waals surface area contributed by atoms with Crippen molar-refractivity contribution in [3.63, 3.8) is 0 Å². The molecule has 0 radical (unpaired) electrons. The Morgan fingerprint density at radius 1 is 1.14 bits per heavy atom. The van der Waals surface area contributed by atoms with E-state index in [0.29, 0.717) is 15.7 Å². The van der Waals surface area contributed by atoms with Crippen molar-refractivity contribution in [3.8, 4) is 11.5 Å². The maximum absolute atomic E-state index is 10.7. The minimum Gasteiger partial charge on any atom is -0.506 e. The maximum atomic E-state index is 10.7. The summed E-state index contributed by atoms with van der Waals surface area (Å²) in [6, 6.07) is 7.55. The van der Waals surface area contributed by atoms with Crippen molar-refractivity contribution in [2.24, 2.45) is 5.10 Å². The second kappa shape index (κ2) is 6.80. The lowest BCUT2D eigenvalue weighted by Gasteiger charge is -2.06. The number of aromatic carboxylic acids is 1. The fourth-order valence-electron chi connectivity index (χ4n) is 1.58. The molecule has 4 N–H and O–H groups in total. The summed E-state index contributed by atoms with van der Waals surface area (Å²) in [5.74, 6) is -1.25. The minimum atomic E-state index is -1.00. The number of halogens is 2. The van der Waals surface area contributed by atoms with Gasteiger partial charge in [-0.2, -0.15) is 5.10 Å². The Morgan fingerprint density at radius 2 is 1.77 bits per heavy atom. The van der Waals surface area contributed by atoms with Crippen LogP contribution in [0.2, 0.25) is 0 Å². The predicted octanol–water partition coefficient (Wildman–Crippen LogP) is 3.77. The zero-order chi connectivity index (χ0) is 16.3. The SMILES string of the molecule is O=C(O)c1ccc(N/N=C/c2cc(Br)c(O)c(Br)c2O)cc1. The van der Waals surface area contributed by atoms with Gasteiger partial charge in [0.2, 0.25) is 0 Å². The van der Waals surface area contributed by atoms with Crippen molar-refractivity contribution in [3.05, 3.63) is 50.4 Å². The van der Waals surface area contributed by atoms with Gasteiger partial charge >= 0.3 is 5.97 Å². The molecule has 0 atom stereocenters. The Morgan fingerprint density at radius 3 is 2.36 bits per heavy atom. The van der Waals surface area contributed by atoms with Gasteiger partial charge in [-0.3, -0.25) is 5.43 Å². The maximum Gasteiger partial charge on any atom is 0.335 e. The largest absolute Gasteiger partial charge is 0.506 e. The summed E-state index contributed by atoms with van der Waals surface area (Å²) in [6.07, 6.45) is 1.37. The molecule has 0 spiro atoms. The summed E-state index contributed by atoms with van der Waals surface area (Å²) in [6.45, 7) is 0. The number of phenols is 2. The number of hydrogen-bond acceptors (Lipinski definition) is 5.